The van der Waals surface area contributed by atoms with Crippen LogP contribution in [0.2, 0.25) is 0 Å². The second kappa shape index (κ2) is 3.26. The molecular weight excluding hydrogens is 167 g/mol. The Kier molecular flexibility index (Phi) is 2.10. The third-order valence-corrected chi connectivity index (χ3v) is 1.99. The molecule has 0 radical (unpaired) electrons. The van der Waals surface area contributed by atoms with Crippen molar-refractivity contribution in [1.29, 1.82) is 0 Å². The van der Waals surface area contributed by atoms with Crippen molar-refractivity contribution in [2.45, 2.75) is 19.4 Å². The molecule has 3 nitrogen and oxygen atoms in total. The minimum atomic E-state index is 0.181. The molecule has 70 valence electrons. The summed E-state index contributed by atoms with van der Waals surface area (Å²) in [6, 6.07) is 6.13. The zero-order valence-corrected chi connectivity index (χ0v) is 7.62. The number of hydrogen-bond donors (Lipinski definition) is 1. The molecule has 1 aromatic carbocycles. The van der Waals surface area contributed by atoms with Gasteiger partial charge in [-0.3, -0.25) is 0 Å². The van der Waals surface area contributed by atoms with E-state index < -0.39 is 0 Å². The van der Waals surface area contributed by atoms with Crippen LogP contribution in [0, 0.1) is 0 Å². The predicted molar refractivity (Wildman–Crippen MR) is 49.9 cm³/mol. The molecule has 0 aliphatic carbocycles. The van der Waals surface area contributed by atoms with E-state index in [2.05, 4.69) is 0 Å². The fourth-order valence-electron chi connectivity index (χ4n) is 1.44. The van der Waals surface area contributed by atoms with E-state index in [-0.39, 0.29) is 6.04 Å². The van der Waals surface area contributed by atoms with Crippen molar-refractivity contribution in [3.63, 3.8) is 0 Å². The molecule has 2 N–H and O–H groups in total. The zero-order chi connectivity index (χ0) is 9.26. The Morgan fingerprint density at radius 3 is 2.92 bits per heavy atom. The molecule has 1 aliphatic rings. The maximum atomic E-state index is 5.70. The summed E-state index contributed by atoms with van der Waals surface area (Å²) in [5.74, 6) is 1.66. The highest BCUT2D eigenvalue weighted by Gasteiger charge is 2.13. The van der Waals surface area contributed by atoms with Gasteiger partial charge in [0.1, 0.15) is 0 Å². The van der Waals surface area contributed by atoms with Gasteiger partial charge in [-0.15, -0.1) is 0 Å². The van der Waals surface area contributed by atoms with Crippen LogP contribution in [0.1, 0.15) is 12.5 Å². The first-order chi connectivity index (χ1) is 6.25. The summed E-state index contributed by atoms with van der Waals surface area (Å²) in [5.41, 5.74) is 6.89. The van der Waals surface area contributed by atoms with Crippen molar-refractivity contribution in [3.8, 4) is 11.5 Å². The number of rotatable bonds is 2. The van der Waals surface area contributed by atoms with Gasteiger partial charge in [-0.25, -0.2) is 0 Å². The van der Waals surface area contributed by atoms with Gasteiger partial charge in [0.25, 0.3) is 0 Å². The van der Waals surface area contributed by atoms with E-state index in [0.717, 1.165) is 17.9 Å². The smallest absolute Gasteiger partial charge is 0.231 e. The zero-order valence-electron chi connectivity index (χ0n) is 7.62. The van der Waals surface area contributed by atoms with E-state index in [9.17, 15) is 0 Å². The summed E-state index contributed by atoms with van der Waals surface area (Å²) in [4.78, 5) is 0. The molecular formula is C10H13NO2. The quantitative estimate of drug-likeness (QED) is 0.746. The molecule has 0 amide bonds. The second-order valence-electron chi connectivity index (χ2n) is 3.37. The fraction of sp³-hybridized carbons (Fsp3) is 0.400. The summed E-state index contributed by atoms with van der Waals surface area (Å²) in [6.07, 6.45) is 0.872. The van der Waals surface area contributed by atoms with Crippen molar-refractivity contribution in [2.24, 2.45) is 5.73 Å². The Labute approximate surface area is 77.5 Å². The van der Waals surface area contributed by atoms with Gasteiger partial charge in [-0.2, -0.15) is 0 Å². The molecule has 0 fully saturated rings. The lowest BCUT2D eigenvalue weighted by atomic mass is 10.1. The number of benzene rings is 1. The van der Waals surface area contributed by atoms with Gasteiger partial charge in [-0.1, -0.05) is 6.07 Å². The van der Waals surface area contributed by atoms with Crippen LogP contribution in [0.25, 0.3) is 0 Å². The first kappa shape index (κ1) is 8.38. The highest BCUT2D eigenvalue weighted by atomic mass is 16.7. The lowest BCUT2D eigenvalue weighted by Crippen LogP contribution is -2.17. The van der Waals surface area contributed by atoms with Gasteiger partial charge in [0.15, 0.2) is 11.5 Å². The van der Waals surface area contributed by atoms with Crippen molar-refractivity contribution < 1.29 is 9.47 Å². The molecule has 0 bridgehead atoms. The average molecular weight is 180 g/mol. The van der Waals surface area contributed by atoms with Crippen molar-refractivity contribution >= 4 is 0 Å². The largest absolute Gasteiger partial charge is 0.454 e. The molecule has 0 saturated carbocycles. The van der Waals surface area contributed by atoms with Crippen LogP contribution in [0.4, 0.5) is 0 Å². The van der Waals surface area contributed by atoms with E-state index in [0.29, 0.717) is 6.79 Å². The van der Waals surface area contributed by atoms with E-state index in [1.165, 1.54) is 5.56 Å². The minimum Gasteiger partial charge on any atom is -0.454 e. The van der Waals surface area contributed by atoms with E-state index >= 15 is 0 Å². The topological polar surface area (TPSA) is 44.5 Å². The molecule has 2 rings (SSSR count). The first-order valence-corrected chi connectivity index (χ1v) is 4.40. The van der Waals surface area contributed by atoms with Gasteiger partial charge in [0, 0.05) is 6.04 Å². The van der Waals surface area contributed by atoms with Crippen molar-refractivity contribution in [1.82, 2.24) is 0 Å². The number of nitrogens with two attached hydrogens (primary N) is 1. The Hall–Kier alpha value is -1.22. The standard InChI is InChI=1S/C10H13NO2/c1-7(11)4-8-2-3-9-10(5-8)13-6-12-9/h2-3,5,7H,4,6,11H2,1H3/i2+1. The fourth-order valence-corrected chi connectivity index (χ4v) is 1.44. The summed E-state index contributed by atoms with van der Waals surface area (Å²) < 4.78 is 10.5. The molecule has 1 heterocycles. The molecule has 0 saturated heterocycles. The van der Waals surface area contributed by atoms with Crippen LogP contribution in [0.5, 0.6) is 11.5 Å². The van der Waals surface area contributed by atoms with Crippen LogP contribution in [0.3, 0.4) is 0 Å². The van der Waals surface area contributed by atoms with E-state index in [4.69, 9.17) is 15.2 Å². The Morgan fingerprint density at radius 1 is 1.38 bits per heavy atom. The van der Waals surface area contributed by atoms with Crippen LogP contribution in [0.15, 0.2) is 18.2 Å². The van der Waals surface area contributed by atoms with Gasteiger partial charge in [0.05, 0.1) is 0 Å². The maximum Gasteiger partial charge on any atom is 0.231 e. The van der Waals surface area contributed by atoms with Crippen molar-refractivity contribution in [3.05, 3.63) is 23.8 Å². The lowest BCUT2D eigenvalue weighted by molar-refractivity contribution is 0.174. The maximum absolute atomic E-state index is 5.70. The van der Waals surface area contributed by atoms with Gasteiger partial charge in [-0.05, 0) is 31.0 Å². The average Bonchev–Trinajstić information content (AvgIpc) is 2.49. The summed E-state index contributed by atoms with van der Waals surface area (Å²) in [5, 5.41) is 0. The van der Waals surface area contributed by atoms with E-state index in [1.807, 2.05) is 25.1 Å². The molecule has 0 aromatic heterocycles. The third kappa shape index (κ3) is 1.75. The monoisotopic (exact) mass is 180 g/mol. The molecule has 1 aromatic rings. The Bertz CT molecular complexity index is 310. The van der Waals surface area contributed by atoms with Gasteiger partial charge < -0.3 is 15.2 Å². The van der Waals surface area contributed by atoms with Gasteiger partial charge in [0.2, 0.25) is 6.79 Å². The normalized spacial score (nSPS) is 15.8. The number of ether oxygens (including phenoxy) is 2. The van der Waals surface area contributed by atoms with Crippen LogP contribution < -0.4 is 15.2 Å². The van der Waals surface area contributed by atoms with E-state index in [1.54, 1.807) is 0 Å². The highest BCUT2D eigenvalue weighted by molar-refractivity contribution is 5.44. The molecule has 1 atom stereocenters. The summed E-state index contributed by atoms with van der Waals surface area (Å²) >= 11 is 0. The highest BCUT2D eigenvalue weighted by Crippen LogP contribution is 2.32. The molecule has 1 unspecified atom stereocenters. The Balaban J connectivity index is 2.21. The third-order valence-electron chi connectivity index (χ3n) is 1.99. The molecule has 1 aliphatic heterocycles. The lowest BCUT2D eigenvalue weighted by Gasteiger charge is -2.05. The molecule has 13 heavy (non-hydrogen) atoms. The minimum absolute atomic E-state index is 0.181. The number of fused-ring (bicyclic) bond motifs is 1. The molecule has 3 heteroatoms. The second-order valence-corrected chi connectivity index (χ2v) is 3.37. The first-order valence-electron chi connectivity index (χ1n) is 4.40. The SMILES string of the molecule is CC(N)Cc1cc2c(c[13cH]1)OCO2. The predicted octanol–water partition coefficient (Wildman–Crippen LogP) is 1.31. The van der Waals surface area contributed by atoms with Gasteiger partial charge >= 0.3 is 0 Å². The van der Waals surface area contributed by atoms with Crippen LogP contribution in [-0.2, 0) is 6.42 Å². The summed E-state index contributed by atoms with van der Waals surface area (Å²) in [6.45, 7) is 2.32. The van der Waals surface area contributed by atoms with Crippen LogP contribution in [-0.4, -0.2) is 12.8 Å². The Morgan fingerprint density at radius 2 is 2.15 bits per heavy atom. The van der Waals surface area contributed by atoms with Crippen molar-refractivity contribution in [2.75, 3.05) is 6.79 Å². The molecule has 0 spiro atoms. The summed E-state index contributed by atoms with van der Waals surface area (Å²) in [7, 11) is 0. The van der Waals surface area contributed by atoms with Crippen LogP contribution >= 0.6 is 0 Å². The number of hydrogen-bond acceptors (Lipinski definition) is 3.